The molecule has 11 heteroatoms. The largest absolute Gasteiger partial charge is 0.502 e. The number of amides is 3. The van der Waals surface area contributed by atoms with Crippen molar-refractivity contribution < 1.29 is 24.5 Å². The third-order valence-corrected chi connectivity index (χ3v) is 2.89. The predicted octanol–water partition coefficient (Wildman–Crippen LogP) is 0.731. The Morgan fingerprint density at radius 3 is 2.32 bits per heavy atom. The number of urea groups is 1. The maximum atomic E-state index is 11.7. The van der Waals surface area contributed by atoms with Gasteiger partial charge in [-0.1, -0.05) is 0 Å². The Morgan fingerprint density at radius 1 is 1.23 bits per heavy atom. The number of non-ortho nitro benzene ring substituents is 1. The standard InChI is InChI=1S/C11H8N4O7/c1-13-10(17)7(12-11(13)18)3-5-2-6(14(19)20)4-8(9(5)16)15(21)22/h2-4,16H,1H3,(H,12,18)/b7-3+. The van der Waals surface area contributed by atoms with E-state index in [2.05, 4.69) is 5.32 Å². The number of rotatable bonds is 3. The highest BCUT2D eigenvalue weighted by atomic mass is 16.6. The van der Waals surface area contributed by atoms with Gasteiger partial charge in [0.1, 0.15) is 5.70 Å². The van der Waals surface area contributed by atoms with E-state index in [0.717, 1.165) is 17.0 Å². The van der Waals surface area contributed by atoms with Gasteiger partial charge >= 0.3 is 11.7 Å². The van der Waals surface area contributed by atoms with Gasteiger partial charge in [-0.05, 0) is 6.08 Å². The number of nitrogens with one attached hydrogen (secondary N) is 1. The molecule has 114 valence electrons. The molecular formula is C11H8N4O7. The average molecular weight is 308 g/mol. The van der Waals surface area contributed by atoms with Gasteiger partial charge in [-0.2, -0.15) is 0 Å². The highest BCUT2D eigenvalue weighted by Crippen LogP contribution is 2.35. The minimum Gasteiger partial charge on any atom is -0.502 e. The second kappa shape index (κ2) is 5.12. The zero-order valence-corrected chi connectivity index (χ0v) is 11.0. The Morgan fingerprint density at radius 2 is 1.86 bits per heavy atom. The molecule has 22 heavy (non-hydrogen) atoms. The fraction of sp³-hybridized carbons (Fsp3) is 0.0909. The Labute approximate surface area is 121 Å². The first kappa shape index (κ1) is 14.9. The highest BCUT2D eigenvalue weighted by Gasteiger charge is 2.31. The number of carbonyl (C=O) groups is 2. The summed E-state index contributed by atoms with van der Waals surface area (Å²) < 4.78 is 0. The second-order valence-corrected chi connectivity index (χ2v) is 4.27. The van der Waals surface area contributed by atoms with Crippen molar-refractivity contribution in [1.82, 2.24) is 10.2 Å². The molecule has 11 nitrogen and oxygen atoms in total. The first-order valence-electron chi connectivity index (χ1n) is 5.69. The van der Waals surface area contributed by atoms with Gasteiger partial charge in [0.05, 0.1) is 15.9 Å². The van der Waals surface area contributed by atoms with Crippen LogP contribution in [0.1, 0.15) is 5.56 Å². The zero-order valence-electron chi connectivity index (χ0n) is 11.0. The molecule has 0 unspecified atom stereocenters. The molecule has 1 aliphatic heterocycles. The number of carbonyl (C=O) groups excluding carboxylic acids is 2. The van der Waals surface area contributed by atoms with E-state index in [1.165, 1.54) is 7.05 Å². The van der Waals surface area contributed by atoms with Gasteiger partial charge in [-0.3, -0.25) is 29.9 Å². The van der Waals surface area contributed by atoms with Crippen LogP contribution in [0.2, 0.25) is 0 Å². The minimum atomic E-state index is -0.995. The molecule has 0 aliphatic carbocycles. The number of likely N-dealkylation sites (N-methyl/N-ethyl adjacent to an activating group) is 1. The van der Waals surface area contributed by atoms with Crippen LogP contribution in [-0.2, 0) is 4.79 Å². The van der Waals surface area contributed by atoms with E-state index < -0.39 is 38.9 Å². The first-order chi connectivity index (χ1) is 10.2. The van der Waals surface area contributed by atoms with E-state index in [-0.39, 0.29) is 11.3 Å². The Kier molecular flexibility index (Phi) is 3.47. The summed E-state index contributed by atoms with van der Waals surface area (Å²) in [5.41, 5.74) is -2.12. The molecule has 3 amide bonds. The molecule has 1 fully saturated rings. The van der Waals surface area contributed by atoms with E-state index in [1.54, 1.807) is 0 Å². The van der Waals surface area contributed by atoms with Gasteiger partial charge in [0, 0.05) is 18.7 Å². The summed E-state index contributed by atoms with van der Waals surface area (Å²) >= 11 is 0. The van der Waals surface area contributed by atoms with Gasteiger partial charge in [0.25, 0.3) is 11.6 Å². The molecule has 1 aliphatic rings. The number of aromatic hydroxyl groups is 1. The van der Waals surface area contributed by atoms with Crippen molar-refractivity contribution in [3.8, 4) is 5.75 Å². The van der Waals surface area contributed by atoms with Crippen LogP contribution in [0.25, 0.3) is 6.08 Å². The van der Waals surface area contributed by atoms with Crippen molar-refractivity contribution in [3.05, 3.63) is 43.6 Å². The minimum absolute atomic E-state index is 0.266. The van der Waals surface area contributed by atoms with E-state index in [0.29, 0.717) is 6.07 Å². The van der Waals surface area contributed by atoms with Crippen molar-refractivity contribution in [2.24, 2.45) is 0 Å². The first-order valence-corrected chi connectivity index (χ1v) is 5.69. The summed E-state index contributed by atoms with van der Waals surface area (Å²) in [6.07, 6.45) is 0.930. The number of phenolic OH excluding ortho intramolecular Hbond substituents is 1. The number of nitro benzene ring substituents is 2. The van der Waals surface area contributed by atoms with Gasteiger partial charge in [-0.15, -0.1) is 0 Å². The number of nitrogens with zero attached hydrogens (tertiary/aromatic N) is 3. The molecule has 0 aromatic heterocycles. The molecule has 0 saturated carbocycles. The van der Waals surface area contributed by atoms with Crippen LogP contribution in [0, 0.1) is 20.2 Å². The second-order valence-electron chi connectivity index (χ2n) is 4.27. The fourth-order valence-electron chi connectivity index (χ4n) is 1.76. The molecule has 0 bridgehead atoms. The summed E-state index contributed by atoms with van der Waals surface area (Å²) in [6.45, 7) is 0. The smallest absolute Gasteiger partial charge is 0.328 e. The monoisotopic (exact) mass is 308 g/mol. The molecule has 0 radical (unpaired) electrons. The van der Waals surface area contributed by atoms with Crippen molar-refractivity contribution in [3.63, 3.8) is 0 Å². The molecule has 1 aromatic carbocycles. The molecule has 1 aromatic rings. The molecule has 1 saturated heterocycles. The van der Waals surface area contributed by atoms with E-state index in [1.807, 2.05) is 0 Å². The molecule has 1 heterocycles. The Bertz CT molecular complexity index is 755. The molecular weight excluding hydrogens is 300 g/mol. The van der Waals surface area contributed by atoms with Crippen LogP contribution in [0.4, 0.5) is 16.2 Å². The summed E-state index contributed by atoms with van der Waals surface area (Å²) in [7, 11) is 1.20. The number of hydrogen-bond acceptors (Lipinski definition) is 7. The van der Waals surface area contributed by atoms with Crippen molar-refractivity contribution in [1.29, 1.82) is 0 Å². The van der Waals surface area contributed by atoms with Gasteiger partial charge in [-0.25, -0.2) is 4.79 Å². The van der Waals surface area contributed by atoms with Gasteiger partial charge < -0.3 is 10.4 Å². The topological polar surface area (TPSA) is 156 Å². The van der Waals surface area contributed by atoms with Gasteiger partial charge in [0.2, 0.25) is 5.75 Å². The van der Waals surface area contributed by atoms with Crippen LogP contribution in [0.15, 0.2) is 17.8 Å². The lowest BCUT2D eigenvalue weighted by atomic mass is 10.1. The lowest BCUT2D eigenvalue weighted by Gasteiger charge is -2.02. The maximum absolute atomic E-state index is 11.7. The number of benzene rings is 1. The van der Waals surface area contributed by atoms with Crippen molar-refractivity contribution >= 4 is 29.4 Å². The molecule has 0 atom stereocenters. The Balaban J connectivity index is 2.60. The fourth-order valence-corrected chi connectivity index (χ4v) is 1.76. The lowest BCUT2D eigenvalue weighted by Crippen LogP contribution is -2.25. The summed E-state index contributed by atoms with van der Waals surface area (Å²) in [5.74, 6) is -1.58. The number of imide groups is 1. The normalized spacial score (nSPS) is 16.0. The van der Waals surface area contributed by atoms with Crippen LogP contribution >= 0.6 is 0 Å². The van der Waals surface area contributed by atoms with Crippen LogP contribution in [0.5, 0.6) is 5.75 Å². The van der Waals surface area contributed by atoms with E-state index in [4.69, 9.17) is 0 Å². The zero-order chi connectivity index (χ0) is 16.6. The number of nitro groups is 2. The Hall–Kier alpha value is -3.50. The van der Waals surface area contributed by atoms with Gasteiger partial charge in [0.15, 0.2) is 0 Å². The summed E-state index contributed by atoms with van der Waals surface area (Å²) in [5, 5.41) is 33.6. The van der Waals surface area contributed by atoms with Crippen molar-refractivity contribution in [2.45, 2.75) is 0 Å². The maximum Gasteiger partial charge on any atom is 0.328 e. The average Bonchev–Trinajstić information content (AvgIpc) is 2.68. The SMILES string of the molecule is CN1C(=O)N/C(=C/c2cc([N+](=O)[O-])cc([N+](=O)[O-])c2O)C1=O. The molecule has 2 rings (SSSR count). The third kappa shape index (κ3) is 2.42. The molecule has 0 spiro atoms. The lowest BCUT2D eigenvalue weighted by molar-refractivity contribution is -0.394. The number of phenols is 1. The highest BCUT2D eigenvalue weighted by molar-refractivity contribution is 6.13. The third-order valence-electron chi connectivity index (χ3n) is 2.89. The van der Waals surface area contributed by atoms with Crippen LogP contribution < -0.4 is 5.32 Å². The van der Waals surface area contributed by atoms with E-state index >= 15 is 0 Å². The summed E-state index contributed by atoms with van der Waals surface area (Å²) in [6, 6.07) is 0.724. The van der Waals surface area contributed by atoms with Crippen LogP contribution in [0.3, 0.4) is 0 Å². The molecule has 2 N–H and O–H groups in total. The van der Waals surface area contributed by atoms with Crippen LogP contribution in [-0.4, -0.2) is 38.8 Å². The number of hydrogen-bond donors (Lipinski definition) is 2. The van der Waals surface area contributed by atoms with E-state index in [9.17, 15) is 34.9 Å². The van der Waals surface area contributed by atoms with Crippen molar-refractivity contribution in [2.75, 3.05) is 7.05 Å². The predicted molar refractivity (Wildman–Crippen MR) is 70.7 cm³/mol. The quantitative estimate of drug-likeness (QED) is 0.360. The summed E-state index contributed by atoms with van der Waals surface area (Å²) in [4.78, 5) is 43.5.